The molecule has 3 heteroatoms. The zero-order valence-corrected chi connectivity index (χ0v) is 15.8. The van der Waals surface area contributed by atoms with Crippen molar-refractivity contribution in [2.45, 2.75) is 96.9 Å². The molecule has 0 aromatic heterocycles. The molecule has 1 N–H and O–H groups in total. The smallest absolute Gasteiger partial charge is 0.365 e. The Bertz CT molecular complexity index is 296. The van der Waals surface area contributed by atoms with E-state index < -0.39 is 11.5 Å². The molecular weight excluding hydrogens is 274 g/mol. The van der Waals surface area contributed by atoms with Crippen LogP contribution in [0.2, 0.25) is 0 Å². The highest BCUT2D eigenvalue weighted by atomic mass is 16.4. The summed E-state index contributed by atoms with van der Waals surface area (Å²) in [6.07, 6.45) is 13.2. The monoisotopic (exact) mass is 314 g/mol. The van der Waals surface area contributed by atoms with E-state index in [0.717, 1.165) is 13.0 Å². The Kier molecular flexibility index (Phi) is 10.8. The van der Waals surface area contributed by atoms with Crippen molar-refractivity contribution >= 4 is 5.97 Å². The van der Waals surface area contributed by atoms with Gasteiger partial charge in [0.2, 0.25) is 0 Å². The zero-order valence-electron chi connectivity index (χ0n) is 15.8. The largest absolute Gasteiger partial charge is 0.477 e. The first kappa shape index (κ1) is 21.4. The molecule has 0 aliphatic heterocycles. The normalized spacial score (nSPS) is 12.6. The summed E-state index contributed by atoms with van der Waals surface area (Å²) in [4.78, 5) is 11.8. The van der Waals surface area contributed by atoms with Crippen LogP contribution in [0.4, 0.5) is 0 Å². The van der Waals surface area contributed by atoms with Gasteiger partial charge in [-0.25, -0.2) is 4.79 Å². The predicted molar refractivity (Wildman–Crippen MR) is 95.2 cm³/mol. The van der Waals surface area contributed by atoms with Gasteiger partial charge in [0.05, 0.1) is 20.6 Å². The molecule has 0 amide bonds. The van der Waals surface area contributed by atoms with Gasteiger partial charge in [-0.1, -0.05) is 65.7 Å². The molecule has 0 aromatic rings. The standard InChI is InChI=1S/C19H39NO2/c1-6-9-10-11-12-13-14-15-16-17-20(4,5)19(7-2,8-3)18(21)22/h6-17H2,1-5H3/p+1. The summed E-state index contributed by atoms with van der Waals surface area (Å²) in [5.74, 6) is -0.640. The van der Waals surface area contributed by atoms with Crippen LogP contribution in [0.1, 0.15) is 91.4 Å². The Morgan fingerprint density at radius 3 is 1.59 bits per heavy atom. The topological polar surface area (TPSA) is 37.3 Å². The van der Waals surface area contributed by atoms with E-state index in [0.29, 0.717) is 17.3 Å². The van der Waals surface area contributed by atoms with Crippen LogP contribution in [-0.2, 0) is 4.79 Å². The fourth-order valence-electron chi connectivity index (χ4n) is 3.70. The lowest BCUT2D eigenvalue weighted by Gasteiger charge is -2.45. The van der Waals surface area contributed by atoms with Crippen LogP contribution in [0.3, 0.4) is 0 Å². The van der Waals surface area contributed by atoms with Crippen molar-refractivity contribution in [3.05, 3.63) is 0 Å². The van der Waals surface area contributed by atoms with Gasteiger partial charge in [0.15, 0.2) is 5.54 Å². The van der Waals surface area contributed by atoms with Crippen molar-refractivity contribution in [2.24, 2.45) is 0 Å². The van der Waals surface area contributed by atoms with Crippen LogP contribution in [0.25, 0.3) is 0 Å². The van der Waals surface area contributed by atoms with Crippen molar-refractivity contribution < 1.29 is 14.4 Å². The van der Waals surface area contributed by atoms with Crippen molar-refractivity contribution in [1.29, 1.82) is 0 Å². The van der Waals surface area contributed by atoms with Gasteiger partial charge in [0, 0.05) is 12.8 Å². The van der Waals surface area contributed by atoms with Gasteiger partial charge < -0.3 is 9.59 Å². The molecule has 0 fully saturated rings. The highest BCUT2D eigenvalue weighted by Crippen LogP contribution is 2.29. The Morgan fingerprint density at radius 1 is 0.818 bits per heavy atom. The minimum absolute atomic E-state index is 0.603. The fraction of sp³-hybridized carbons (Fsp3) is 0.947. The Hall–Kier alpha value is -0.570. The molecular formula is C19H40NO2+. The number of aliphatic carboxylic acids is 1. The van der Waals surface area contributed by atoms with Crippen LogP contribution in [-0.4, -0.2) is 41.7 Å². The number of likely N-dealkylation sites (N-methyl/N-ethyl adjacent to an activating group) is 1. The fourth-order valence-corrected chi connectivity index (χ4v) is 3.70. The second-order valence-corrected chi connectivity index (χ2v) is 7.28. The Morgan fingerprint density at radius 2 is 1.23 bits per heavy atom. The van der Waals surface area contributed by atoms with Gasteiger partial charge >= 0.3 is 5.97 Å². The Labute approximate surface area is 138 Å². The average molecular weight is 315 g/mol. The predicted octanol–water partition coefficient (Wildman–Crippen LogP) is 5.24. The summed E-state index contributed by atoms with van der Waals surface area (Å²) in [6.45, 7) is 7.23. The number of quaternary nitrogens is 1. The van der Waals surface area contributed by atoms with Gasteiger partial charge in [-0.3, -0.25) is 0 Å². The molecule has 0 aliphatic rings. The van der Waals surface area contributed by atoms with E-state index in [1.165, 1.54) is 51.4 Å². The third-order valence-electron chi connectivity index (χ3n) is 5.55. The number of nitrogens with zero attached hydrogens (tertiary/aromatic N) is 1. The maximum atomic E-state index is 11.8. The number of unbranched alkanes of at least 4 members (excludes halogenated alkanes) is 8. The molecule has 0 aromatic carbocycles. The molecule has 0 atom stereocenters. The third-order valence-corrected chi connectivity index (χ3v) is 5.55. The number of rotatable bonds is 14. The summed E-state index contributed by atoms with van der Waals surface area (Å²) in [6, 6.07) is 0. The first-order chi connectivity index (χ1) is 10.4. The number of hydrogen-bond acceptors (Lipinski definition) is 1. The van der Waals surface area contributed by atoms with E-state index >= 15 is 0 Å². The number of carbonyl (C=O) groups is 1. The van der Waals surface area contributed by atoms with Gasteiger partial charge in [-0.15, -0.1) is 0 Å². The number of carboxylic acid groups (broad SMARTS) is 1. The second-order valence-electron chi connectivity index (χ2n) is 7.28. The second kappa shape index (κ2) is 11.0. The maximum Gasteiger partial charge on any atom is 0.365 e. The molecule has 0 unspecified atom stereocenters. The summed E-state index contributed by atoms with van der Waals surface area (Å²) in [5.41, 5.74) is -0.625. The minimum atomic E-state index is -0.640. The lowest BCUT2D eigenvalue weighted by atomic mass is 9.88. The molecule has 0 heterocycles. The average Bonchev–Trinajstić information content (AvgIpc) is 2.46. The number of carboxylic acids is 1. The Balaban J connectivity index is 4.04. The zero-order chi connectivity index (χ0) is 17.1. The molecule has 132 valence electrons. The quantitative estimate of drug-likeness (QED) is 0.352. The molecule has 0 saturated heterocycles. The van der Waals surface area contributed by atoms with Crippen LogP contribution in [0, 0.1) is 0 Å². The van der Waals surface area contributed by atoms with Crippen molar-refractivity contribution in [2.75, 3.05) is 20.6 Å². The van der Waals surface area contributed by atoms with Crippen molar-refractivity contribution in [3.8, 4) is 0 Å². The van der Waals surface area contributed by atoms with E-state index in [4.69, 9.17) is 0 Å². The van der Waals surface area contributed by atoms with E-state index in [2.05, 4.69) is 21.0 Å². The SMILES string of the molecule is CCCCCCCCCCC[N+](C)(C)C(CC)(CC)C(=O)O. The first-order valence-electron chi connectivity index (χ1n) is 9.44. The van der Waals surface area contributed by atoms with E-state index in [1.54, 1.807) is 0 Å². The summed E-state index contributed by atoms with van der Waals surface area (Å²) in [7, 11) is 4.18. The molecule has 0 saturated carbocycles. The minimum Gasteiger partial charge on any atom is -0.477 e. The summed E-state index contributed by atoms with van der Waals surface area (Å²) < 4.78 is 0.603. The third kappa shape index (κ3) is 6.28. The van der Waals surface area contributed by atoms with Crippen LogP contribution >= 0.6 is 0 Å². The lowest BCUT2D eigenvalue weighted by Crippen LogP contribution is -2.63. The molecule has 0 radical (unpaired) electrons. The molecule has 0 bridgehead atoms. The van der Waals surface area contributed by atoms with Crippen LogP contribution in [0.5, 0.6) is 0 Å². The summed E-state index contributed by atoms with van der Waals surface area (Å²) in [5, 5.41) is 9.69. The lowest BCUT2D eigenvalue weighted by molar-refractivity contribution is -0.933. The van der Waals surface area contributed by atoms with E-state index in [-0.39, 0.29) is 0 Å². The van der Waals surface area contributed by atoms with E-state index in [1.807, 2.05) is 13.8 Å². The molecule has 0 rings (SSSR count). The molecule has 22 heavy (non-hydrogen) atoms. The summed E-state index contributed by atoms with van der Waals surface area (Å²) >= 11 is 0. The van der Waals surface area contributed by atoms with Crippen molar-refractivity contribution in [1.82, 2.24) is 0 Å². The first-order valence-corrected chi connectivity index (χ1v) is 9.44. The van der Waals surface area contributed by atoms with Gasteiger partial charge in [-0.2, -0.15) is 0 Å². The highest BCUT2D eigenvalue weighted by molar-refractivity contribution is 5.77. The van der Waals surface area contributed by atoms with Crippen LogP contribution < -0.4 is 0 Å². The maximum absolute atomic E-state index is 11.8. The number of hydrogen-bond donors (Lipinski definition) is 1. The van der Waals surface area contributed by atoms with Gasteiger partial charge in [0.1, 0.15) is 0 Å². The van der Waals surface area contributed by atoms with Crippen LogP contribution in [0.15, 0.2) is 0 Å². The van der Waals surface area contributed by atoms with Gasteiger partial charge in [0.25, 0.3) is 0 Å². The van der Waals surface area contributed by atoms with Gasteiger partial charge in [-0.05, 0) is 12.8 Å². The molecule has 0 aliphatic carbocycles. The molecule has 3 nitrogen and oxygen atoms in total. The highest BCUT2D eigenvalue weighted by Gasteiger charge is 2.49. The van der Waals surface area contributed by atoms with E-state index in [9.17, 15) is 9.90 Å². The van der Waals surface area contributed by atoms with Crippen molar-refractivity contribution in [3.63, 3.8) is 0 Å². The molecule has 0 spiro atoms.